The lowest BCUT2D eigenvalue weighted by Gasteiger charge is -2.07. The van der Waals surface area contributed by atoms with E-state index in [9.17, 15) is 4.79 Å². The summed E-state index contributed by atoms with van der Waals surface area (Å²) in [5.41, 5.74) is 4.84. The summed E-state index contributed by atoms with van der Waals surface area (Å²) in [7, 11) is 0. The van der Waals surface area contributed by atoms with Gasteiger partial charge < -0.3 is 15.0 Å². The van der Waals surface area contributed by atoms with Gasteiger partial charge in [-0.2, -0.15) is 5.10 Å². The van der Waals surface area contributed by atoms with E-state index in [0.717, 1.165) is 22.0 Å². The Kier molecular flexibility index (Phi) is 4.21. The van der Waals surface area contributed by atoms with Crippen molar-refractivity contribution >= 4 is 33.7 Å². The highest BCUT2D eigenvalue weighted by atomic mass is 16.5. The number of anilines is 1. The molecule has 0 spiro atoms. The van der Waals surface area contributed by atoms with Crippen molar-refractivity contribution in [2.75, 3.05) is 5.32 Å². The van der Waals surface area contributed by atoms with Crippen LogP contribution in [-0.4, -0.2) is 31.1 Å². The third-order valence-corrected chi connectivity index (χ3v) is 4.62. The summed E-state index contributed by atoms with van der Waals surface area (Å²) >= 11 is 0. The van der Waals surface area contributed by atoms with Crippen molar-refractivity contribution in [3.05, 3.63) is 73.7 Å². The number of carbonyl (C=O) groups excluding carboxylic acids is 1. The number of ether oxygens (including phenoxy) is 1. The third kappa shape index (κ3) is 3.26. The first-order valence-electron chi connectivity index (χ1n) is 9.18. The number of amides is 1. The maximum Gasteiger partial charge on any atom is 0.247 e. The first-order chi connectivity index (χ1) is 14.7. The molecule has 0 aliphatic carbocycles. The van der Waals surface area contributed by atoms with E-state index >= 15 is 0 Å². The van der Waals surface area contributed by atoms with Crippen LogP contribution in [0.15, 0.2) is 73.7 Å². The first-order valence-corrected chi connectivity index (χ1v) is 9.18. The number of aromatic amines is 2. The van der Waals surface area contributed by atoms with Crippen molar-refractivity contribution in [1.29, 1.82) is 0 Å². The van der Waals surface area contributed by atoms with Gasteiger partial charge in [-0.05, 0) is 35.9 Å². The van der Waals surface area contributed by atoms with Gasteiger partial charge in [0.05, 0.1) is 17.9 Å². The van der Waals surface area contributed by atoms with Gasteiger partial charge in [-0.1, -0.05) is 18.7 Å². The highest BCUT2D eigenvalue weighted by molar-refractivity contribution is 5.99. The van der Waals surface area contributed by atoms with Crippen molar-refractivity contribution < 1.29 is 9.53 Å². The normalized spacial score (nSPS) is 10.9. The molecule has 3 heterocycles. The van der Waals surface area contributed by atoms with Crippen molar-refractivity contribution in [1.82, 2.24) is 25.1 Å². The minimum Gasteiger partial charge on any atom is -0.437 e. The molecule has 0 atom stereocenters. The molecule has 30 heavy (non-hydrogen) atoms. The number of fused-ring (bicyclic) bond motifs is 2. The van der Waals surface area contributed by atoms with Crippen LogP contribution in [0.2, 0.25) is 0 Å². The van der Waals surface area contributed by atoms with E-state index in [0.29, 0.717) is 28.5 Å². The van der Waals surface area contributed by atoms with Crippen molar-refractivity contribution in [3.63, 3.8) is 0 Å². The lowest BCUT2D eigenvalue weighted by molar-refractivity contribution is -0.111. The molecule has 0 bridgehead atoms. The van der Waals surface area contributed by atoms with Gasteiger partial charge >= 0.3 is 0 Å². The van der Waals surface area contributed by atoms with Gasteiger partial charge in [0, 0.05) is 28.9 Å². The highest BCUT2D eigenvalue weighted by Gasteiger charge is 2.12. The Morgan fingerprint density at radius 1 is 1.17 bits per heavy atom. The van der Waals surface area contributed by atoms with E-state index in [1.54, 1.807) is 36.7 Å². The van der Waals surface area contributed by atoms with Crippen LogP contribution < -0.4 is 10.1 Å². The van der Waals surface area contributed by atoms with E-state index in [1.807, 2.05) is 24.4 Å². The predicted octanol–water partition coefficient (Wildman–Crippen LogP) is 4.42. The van der Waals surface area contributed by atoms with E-state index < -0.39 is 0 Å². The Hall–Kier alpha value is -4.46. The minimum absolute atomic E-state index is 0.292. The number of aromatic nitrogens is 5. The van der Waals surface area contributed by atoms with Gasteiger partial charge in [0.25, 0.3) is 0 Å². The van der Waals surface area contributed by atoms with Gasteiger partial charge in [0.1, 0.15) is 11.3 Å². The zero-order valence-electron chi connectivity index (χ0n) is 15.7. The fourth-order valence-electron chi connectivity index (χ4n) is 3.21. The van der Waals surface area contributed by atoms with Crippen LogP contribution in [0.3, 0.4) is 0 Å². The molecule has 8 heteroatoms. The zero-order chi connectivity index (χ0) is 20.5. The van der Waals surface area contributed by atoms with E-state index in [-0.39, 0.29) is 5.91 Å². The third-order valence-electron chi connectivity index (χ3n) is 4.62. The highest BCUT2D eigenvalue weighted by Crippen LogP contribution is 2.30. The molecular formula is C22H16N6O2. The molecule has 8 nitrogen and oxygen atoms in total. The quantitative estimate of drug-likeness (QED) is 0.381. The molecule has 0 fully saturated rings. The van der Waals surface area contributed by atoms with Gasteiger partial charge in [0.15, 0.2) is 5.65 Å². The second kappa shape index (κ2) is 7.17. The SMILES string of the molecule is C=CC(=O)Nc1cccc(Oc2cnc3[nH]cc(-c4ccc5[nH]ncc5c4)c3n2)c1. The Morgan fingerprint density at radius 2 is 2.10 bits per heavy atom. The molecule has 0 saturated heterocycles. The maximum atomic E-state index is 11.5. The van der Waals surface area contributed by atoms with Crippen LogP contribution in [-0.2, 0) is 4.79 Å². The minimum atomic E-state index is -0.292. The van der Waals surface area contributed by atoms with Crippen molar-refractivity contribution in [3.8, 4) is 22.8 Å². The molecule has 0 saturated carbocycles. The summed E-state index contributed by atoms with van der Waals surface area (Å²) in [6, 6.07) is 13.1. The number of hydrogen-bond acceptors (Lipinski definition) is 5. The molecule has 0 aliphatic heterocycles. The molecule has 0 unspecified atom stereocenters. The topological polar surface area (TPSA) is 109 Å². The van der Waals surface area contributed by atoms with Gasteiger partial charge in [-0.15, -0.1) is 0 Å². The van der Waals surface area contributed by atoms with Crippen LogP contribution in [0.4, 0.5) is 5.69 Å². The predicted molar refractivity (Wildman–Crippen MR) is 114 cm³/mol. The number of benzene rings is 2. The van der Waals surface area contributed by atoms with Crippen LogP contribution in [0.1, 0.15) is 0 Å². The number of nitrogens with one attached hydrogen (secondary N) is 3. The number of hydrogen-bond donors (Lipinski definition) is 3. The van der Waals surface area contributed by atoms with Gasteiger partial charge in [0.2, 0.25) is 11.8 Å². The first kappa shape index (κ1) is 17.6. The summed E-state index contributed by atoms with van der Waals surface area (Å²) in [4.78, 5) is 23.7. The summed E-state index contributed by atoms with van der Waals surface area (Å²) < 4.78 is 5.88. The zero-order valence-corrected chi connectivity index (χ0v) is 15.7. The molecule has 3 aromatic heterocycles. The van der Waals surface area contributed by atoms with Crippen LogP contribution in [0.25, 0.3) is 33.2 Å². The Morgan fingerprint density at radius 3 is 3.00 bits per heavy atom. The molecule has 0 aliphatic rings. The second-order valence-corrected chi connectivity index (χ2v) is 6.60. The Bertz CT molecular complexity index is 1400. The lowest BCUT2D eigenvalue weighted by Crippen LogP contribution is -2.07. The summed E-state index contributed by atoms with van der Waals surface area (Å²) in [6.45, 7) is 3.45. The molecule has 2 aromatic carbocycles. The average Bonchev–Trinajstić information content (AvgIpc) is 3.40. The van der Waals surface area contributed by atoms with Crippen LogP contribution in [0.5, 0.6) is 11.6 Å². The maximum absolute atomic E-state index is 11.5. The van der Waals surface area contributed by atoms with E-state index in [2.05, 4.69) is 37.0 Å². The van der Waals surface area contributed by atoms with Crippen molar-refractivity contribution in [2.24, 2.45) is 0 Å². The molecule has 3 N–H and O–H groups in total. The fraction of sp³-hybridized carbons (Fsp3) is 0. The molecule has 5 aromatic rings. The standard InChI is InChI=1S/C22H16N6O2/c1-2-19(29)26-15-4-3-5-16(9-15)30-20-12-24-22-21(27-20)17(11-23-22)13-6-7-18-14(8-13)10-25-28-18/h2-12H,1H2,(H,23,24)(H,25,28)(H,26,29). The summed E-state index contributed by atoms with van der Waals surface area (Å²) in [6.07, 6.45) is 6.42. The van der Waals surface area contributed by atoms with Gasteiger partial charge in [-0.3, -0.25) is 9.89 Å². The van der Waals surface area contributed by atoms with E-state index in [1.165, 1.54) is 6.08 Å². The smallest absolute Gasteiger partial charge is 0.247 e. The number of rotatable bonds is 5. The largest absolute Gasteiger partial charge is 0.437 e. The Balaban J connectivity index is 1.48. The van der Waals surface area contributed by atoms with Crippen molar-refractivity contribution in [2.45, 2.75) is 0 Å². The number of carbonyl (C=O) groups is 1. The Labute approximate surface area is 170 Å². The van der Waals surface area contributed by atoms with Crippen LogP contribution in [0, 0.1) is 0 Å². The van der Waals surface area contributed by atoms with Gasteiger partial charge in [-0.25, -0.2) is 9.97 Å². The van der Waals surface area contributed by atoms with E-state index in [4.69, 9.17) is 4.74 Å². The summed E-state index contributed by atoms with van der Waals surface area (Å²) in [5, 5.41) is 10.7. The second-order valence-electron chi connectivity index (χ2n) is 6.60. The molecule has 5 rings (SSSR count). The van der Waals surface area contributed by atoms with Crippen LogP contribution >= 0.6 is 0 Å². The fourth-order valence-corrected chi connectivity index (χ4v) is 3.21. The molecule has 0 radical (unpaired) electrons. The molecule has 1 amide bonds. The number of nitrogens with zero attached hydrogens (tertiary/aromatic N) is 3. The molecular weight excluding hydrogens is 380 g/mol. The molecule has 146 valence electrons. The lowest BCUT2D eigenvalue weighted by atomic mass is 10.1. The summed E-state index contributed by atoms with van der Waals surface area (Å²) in [5.74, 6) is 0.585. The monoisotopic (exact) mass is 396 g/mol. The number of H-pyrrole nitrogens is 2. The average molecular weight is 396 g/mol.